The van der Waals surface area contributed by atoms with Crippen LogP contribution in [0.5, 0.6) is 11.5 Å². The molecule has 8 heteroatoms. The van der Waals surface area contributed by atoms with Gasteiger partial charge in [-0.25, -0.2) is 0 Å². The van der Waals surface area contributed by atoms with E-state index in [-0.39, 0.29) is 12.5 Å². The lowest BCUT2D eigenvalue weighted by Crippen LogP contribution is -2.26. The molecule has 27 heavy (non-hydrogen) atoms. The van der Waals surface area contributed by atoms with E-state index in [2.05, 4.69) is 10.1 Å². The monoisotopic (exact) mass is 387 g/mol. The van der Waals surface area contributed by atoms with E-state index in [0.717, 1.165) is 5.56 Å². The molecule has 0 saturated carbocycles. The van der Waals surface area contributed by atoms with Crippen molar-refractivity contribution in [2.45, 2.75) is 6.54 Å². The maximum absolute atomic E-state index is 12.8. The molecule has 2 aromatic carbocycles. The van der Waals surface area contributed by atoms with E-state index in [1.54, 1.807) is 49.5 Å². The number of nitrogens with zero attached hydrogens (tertiary/aromatic N) is 3. The van der Waals surface area contributed by atoms with Gasteiger partial charge in [0.15, 0.2) is 11.5 Å². The maximum atomic E-state index is 12.8. The molecule has 0 N–H and O–H groups in total. The summed E-state index contributed by atoms with van der Waals surface area (Å²) < 4.78 is 15.8. The lowest BCUT2D eigenvalue weighted by atomic mass is 10.1. The summed E-state index contributed by atoms with van der Waals surface area (Å²) in [6.07, 6.45) is 0. The molecule has 1 heterocycles. The third-order valence-electron chi connectivity index (χ3n) is 3.92. The molecule has 0 aliphatic rings. The highest BCUT2D eigenvalue weighted by Crippen LogP contribution is 2.31. The zero-order valence-corrected chi connectivity index (χ0v) is 15.9. The van der Waals surface area contributed by atoms with Crippen LogP contribution >= 0.6 is 11.6 Å². The molecular formula is C19H18ClN3O4. The Morgan fingerprint density at radius 2 is 1.89 bits per heavy atom. The molecule has 7 nitrogen and oxygen atoms in total. The van der Waals surface area contributed by atoms with Crippen molar-refractivity contribution < 1.29 is 18.8 Å². The third-order valence-corrected chi connectivity index (χ3v) is 4.17. The van der Waals surface area contributed by atoms with Gasteiger partial charge in [-0.15, -0.1) is 0 Å². The number of ether oxygens (including phenoxy) is 2. The molecule has 0 radical (unpaired) electrons. The van der Waals surface area contributed by atoms with Crippen molar-refractivity contribution in [3.05, 3.63) is 58.9 Å². The molecule has 140 valence electrons. The molecule has 0 bridgehead atoms. The van der Waals surface area contributed by atoms with Gasteiger partial charge < -0.3 is 18.9 Å². The lowest BCUT2D eigenvalue weighted by molar-refractivity contribution is 0.0765. The summed E-state index contributed by atoms with van der Waals surface area (Å²) in [5.41, 5.74) is 1.16. The van der Waals surface area contributed by atoms with Crippen molar-refractivity contribution in [2.75, 3.05) is 21.3 Å². The number of halogens is 1. The first-order valence-electron chi connectivity index (χ1n) is 8.08. The van der Waals surface area contributed by atoms with Crippen LogP contribution in [0.2, 0.25) is 5.02 Å². The topological polar surface area (TPSA) is 77.7 Å². The fourth-order valence-corrected chi connectivity index (χ4v) is 2.70. The second-order valence-corrected chi connectivity index (χ2v) is 6.16. The Labute approximate surface area is 161 Å². The number of rotatable bonds is 6. The predicted octanol–water partition coefficient (Wildman–Crippen LogP) is 3.68. The molecule has 1 aromatic heterocycles. The molecule has 1 amide bonds. The number of carbonyl (C=O) groups excluding carboxylic acids is 1. The van der Waals surface area contributed by atoms with Crippen LogP contribution in [-0.2, 0) is 6.54 Å². The molecule has 0 saturated heterocycles. The molecule has 0 aliphatic carbocycles. The summed E-state index contributed by atoms with van der Waals surface area (Å²) in [7, 11) is 4.66. The van der Waals surface area contributed by atoms with Crippen molar-refractivity contribution in [1.29, 1.82) is 0 Å². The summed E-state index contributed by atoms with van der Waals surface area (Å²) in [5.74, 6) is 1.36. The fourth-order valence-electron chi connectivity index (χ4n) is 2.57. The minimum absolute atomic E-state index is 0.153. The Balaban J connectivity index is 1.77. The number of hydrogen-bond acceptors (Lipinski definition) is 6. The standard InChI is InChI=1S/C19H18ClN3O4/c1-23(19(24)14-5-4-6-15(25-2)17(14)26-3)11-16-21-18(22-27-16)12-7-9-13(20)10-8-12/h4-10H,11H2,1-3H3. The Morgan fingerprint density at radius 3 is 2.56 bits per heavy atom. The molecule has 0 atom stereocenters. The molecule has 3 aromatic rings. The van der Waals surface area contributed by atoms with E-state index in [4.69, 9.17) is 25.6 Å². The summed E-state index contributed by atoms with van der Waals surface area (Å²) in [6, 6.07) is 12.2. The Bertz CT molecular complexity index is 940. The van der Waals surface area contributed by atoms with E-state index in [1.807, 2.05) is 0 Å². The van der Waals surface area contributed by atoms with Gasteiger partial charge in [0.25, 0.3) is 5.91 Å². The van der Waals surface area contributed by atoms with Gasteiger partial charge in [-0.2, -0.15) is 4.98 Å². The van der Waals surface area contributed by atoms with Crippen LogP contribution in [0, 0.1) is 0 Å². The van der Waals surface area contributed by atoms with Gasteiger partial charge in [0.2, 0.25) is 11.7 Å². The quantitative estimate of drug-likeness (QED) is 0.642. The van der Waals surface area contributed by atoms with Gasteiger partial charge in [0.1, 0.15) is 6.54 Å². The molecule has 3 rings (SSSR count). The second kappa shape index (κ2) is 8.09. The Kier molecular flexibility index (Phi) is 5.61. The zero-order chi connectivity index (χ0) is 19.4. The van der Waals surface area contributed by atoms with Crippen molar-refractivity contribution in [3.8, 4) is 22.9 Å². The Morgan fingerprint density at radius 1 is 1.15 bits per heavy atom. The van der Waals surface area contributed by atoms with Crippen molar-refractivity contribution in [2.24, 2.45) is 0 Å². The number of hydrogen-bond donors (Lipinski definition) is 0. The summed E-state index contributed by atoms with van der Waals surface area (Å²) in [4.78, 5) is 18.6. The number of carbonyl (C=O) groups is 1. The minimum atomic E-state index is -0.253. The SMILES string of the molecule is COc1cccc(C(=O)N(C)Cc2nc(-c3ccc(Cl)cc3)no2)c1OC. The average molecular weight is 388 g/mol. The van der Waals surface area contributed by atoms with Crippen molar-refractivity contribution in [3.63, 3.8) is 0 Å². The normalized spacial score (nSPS) is 10.5. The number of aromatic nitrogens is 2. The molecule has 0 fully saturated rings. The van der Waals surface area contributed by atoms with E-state index in [0.29, 0.717) is 33.8 Å². The summed E-state index contributed by atoms with van der Waals surface area (Å²) >= 11 is 5.88. The Hall–Kier alpha value is -3.06. The van der Waals surface area contributed by atoms with Crippen LogP contribution in [0.25, 0.3) is 11.4 Å². The van der Waals surface area contributed by atoms with E-state index in [1.165, 1.54) is 19.1 Å². The molecule has 0 unspecified atom stereocenters. The van der Waals surface area contributed by atoms with Gasteiger partial charge in [0, 0.05) is 17.6 Å². The number of methoxy groups -OCH3 is 2. The summed E-state index contributed by atoms with van der Waals surface area (Å²) in [5, 5.41) is 4.58. The van der Waals surface area contributed by atoms with E-state index >= 15 is 0 Å². The van der Waals surface area contributed by atoms with E-state index < -0.39 is 0 Å². The van der Waals surface area contributed by atoms with Crippen LogP contribution < -0.4 is 9.47 Å². The van der Waals surface area contributed by atoms with Crippen LogP contribution in [0.1, 0.15) is 16.2 Å². The first kappa shape index (κ1) is 18.7. The van der Waals surface area contributed by atoms with Crippen LogP contribution in [0.3, 0.4) is 0 Å². The number of para-hydroxylation sites is 1. The second-order valence-electron chi connectivity index (χ2n) is 5.72. The first-order valence-corrected chi connectivity index (χ1v) is 8.46. The van der Waals surface area contributed by atoms with Gasteiger partial charge in [-0.05, 0) is 36.4 Å². The van der Waals surface area contributed by atoms with Crippen LogP contribution in [-0.4, -0.2) is 42.2 Å². The summed E-state index contributed by atoms with van der Waals surface area (Å²) in [6.45, 7) is 0.153. The predicted molar refractivity (Wildman–Crippen MR) is 100 cm³/mol. The maximum Gasteiger partial charge on any atom is 0.257 e. The zero-order valence-electron chi connectivity index (χ0n) is 15.1. The van der Waals surface area contributed by atoms with Crippen molar-refractivity contribution in [1.82, 2.24) is 15.0 Å². The highest BCUT2D eigenvalue weighted by molar-refractivity contribution is 6.30. The van der Waals surface area contributed by atoms with Gasteiger partial charge in [-0.3, -0.25) is 4.79 Å². The highest BCUT2D eigenvalue weighted by atomic mass is 35.5. The van der Waals surface area contributed by atoms with Gasteiger partial charge >= 0.3 is 0 Å². The smallest absolute Gasteiger partial charge is 0.257 e. The van der Waals surface area contributed by atoms with Crippen molar-refractivity contribution >= 4 is 17.5 Å². The molecule has 0 spiro atoms. The van der Waals surface area contributed by atoms with E-state index in [9.17, 15) is 4.79 Å². The number of amides is 1. The first-order chi connectivity index (χ1) is 13.0. The van der Waals surface area contributed by atoms with Crippen LogP contribution in [0.4, 0.5) is 0 Å². The van der Waals surface area contributed by atoms with Gasteiger partial charge in [0.05, 0.1) is 19.8 Å². The van der Waals surface area contributed by atoms with Crippen LogP contribution in [0.15, 0.2) is 47.0 Å². The lowest BCUT2D eigenvalue weighted by Gasteiger charge is -2.18. The largest absolute Gasteiger partial charge is 0.493 e. The van der Waals surface area contributed by atoms with Gasteiger partial charge in [-0.1, -0.05) is 22.8 Å². The number of benzene rings is 2. The molecular weight excluding hydrogens is 370 g/mol. The average Bonchev–Trinajstić information content (AvgIpc) is 3.15. The third kappa shape index (κ3) is 4.03. The molecule has 0 aliphatic heterocycles. The highest BCUT2D eigenvalue weighted by Gasteiger charge is 2.21. The minimum Gasteiger partial charge on any atom is -0.493 e. The fraction of sp³-hybridized carbons (Fsp3) is 0.211.